The number of rotatable bonds is 4. The average Bonchev–Trinajstić information content (AvgIpc) is 2.55. The molecule has 0 bridgehead atoms. The van der Waals surface area contributed by atoms with Gasteiger partial charge in [0.15, 0.2) is 0 Å². The largest absolute Gasteiger partial charge is 0.444 e. The van der Waals surface area contributed by atoms with E-state index < -0.39 is 15.6 Å². The Morgan fingerprint density at radius 1 is 1.26 bits per heavy atom. The molecule has 0 aliphatic carbocycles. The van der Waals surface area contributed by atoms with Crippen molar-refractivity contribution in [2.24, 2.45) is 0 Å². The first-order chi connectivity index (χ1) is 12.4. The molecule has 0 saturated carbocycles. The van der Waals surface area contributed by atoms with E-state index in [4.69, 9.17) is 27.9 Å². The lowest BCUT2D eigenvalue weighted by atomic mass is 10.1. The van der Waals surface area contributed by atoms with E-state index in [2.05, 4.69) is 0 Å². The van der Waals surface area contributed by atoms with Crippen LogP contribution in [0.4, 0.5) is 4.79 Å². The number of piperidine rings is 1. The van der Waals surface area contributed by atoms with Gasteiger partial charge in [-0.05, 0) is 51.3 Å². The van der Waals surface area contributed by atoms with Crippen molar-refractivity contribution in [1.29, 1.82) is 0 Å². The predicted octanol–water partition coefficient (Wildman–Crippen LogP) is 4.15. The highest BCUT2D eigenvalue weighted by Crippen LogP contribution is 2.26. The van der Waals surface area contributed by atoms with Crippen molar-refractivity contribution in [3.05, 3.63) is 33.8 Å². The zero-order valence-electron chi connectivity index (χ0n) is 16.0. The van der Waals surface area contributed by atoms with Gasteiger partial charge in [0, 0.05) is 36.2 Å². The third kappa shape index (κ3) is 6.24. The van der Waals surface area contributed by atoms with Crippen LogP contribution in [0.1, 0.15) is 39.2 Å². The normalized spacial score (nSPS) is 16.6. The second-order valence-electron chi connectivity index (χ2n) is 7.71. The maximum Gasteiger partial charge on any atom is 0.410 e. The molecule has 1 fully saturated rings. The van der Waals surface area contributed by atoms with Gasteiger partial charge in [0.2, 0.25) is 10.0 Å². The maximum atomic E-state index is 12.8. The van der Waals surface area contributed by atoms with Crippen LogP contribution in [0.15, 0.2) is 18.2 Å². The zero-order chi connectivity index (χ0) is 20.4. The highest BCUT2D eigenvalue weighted by atomic mass is 35.5. The summed E-state index contributed by atoms with van der Waals surface area (Å²) in [5, 5.41) is 0.795. The first kappa shape index (κ1) is 22.3. The molecule has 1 aliphatic heterocycles. The van der Waals surface area contributed by atoms with E-state index in [0.717, 1.165) is 0 Å². The van der Waals surface area contributed by atoms with E-state index in [-0.39, 0.29) is 17.9 Å². The molecule has 0 aromatic heterocycles. The predicted molar refractivity (Wildman–Crippen MR) is 108 cm³/mol. The van der Waals surface area contributed by atoms with Crippen LogP contribution in [-0.4, -0.2) is 55.5 Å². The van der Waals surface area contributed by atoms with Gasteiger partial charge in [0.1, 0.15) is 5.60 Å². The van der Waals surface area contributed by atoms with E-state index in [9.17, 15) is 13.2 Å². The summed E-state index contributed by atoms with van der Waals surface area (Å²) in [6.45, 7) is 6.38. The molecule has 1 heterocycles. The Balaban J connectivity index is 1.97. The van der Waals surface area contributed by atoms with Gasteiger partial charge in [-0.2, -0.15) is 0 Å². The van der Waals surface area contributed by atoms with Crippen molar-refractivity contribution in [2.45, 2.75) is 51.0 Å². The minimum absolute atomic E-state index is 0.167. The van der Waals surface area contributed by atoms with E-state index in [1.165, 1.54) is 10.4 Å². The number of hydrogen-bond donors (Lipinski definition) is 0. The number of sulfonamides is 1. The smallest absolute Gasteiger partial charge is 0.410 e. The summed E-state index contributed by atoms with van der Waals surface area (Å²) in [6, 6.07) is 4.62. The number of benzene rings is 1. The topological polar surface area (TPSA) is 66.9 Å². The van der Waals surface area contributed by atoms with E-state index in [0.29, 0.717) is 41.5 Å². The Morgan fingerprint density at radius 2 is 1.85 bits per heavy atom. The van der Waals surface area contributed by atoms with Gasteiger partial charge < -0.3 is 9.64 Å². The van der Waals surface area contributed by atoms with Gasteiger partial charge in [-0.15, -0.1) is 0 Å². The average molecular weight is 437 g/mol. The van der Waals surface area contributed by atoms with Gasteiger partial charge in [0.05, 0.1) is 5.75 Å². The molecule has 152 valence electrons. The standard InChI is InChI=1S/C18H26Cl2N2O4S/c1-18(2,3)26-17(23)22-9-7-15(8-10-22)21(4)27(24,25)12-13-5-6-14(19)11-16(13)20/h5-6,11,15H,7-10,12H2,1-4H3. The van der Waals surface area contributed by atoms with Crippen molar-refractivity contribution < 1.29 is 17.9 Å². The fraction of sp³-hybridized carbons (Fsp3) is 0.611. The Bertz CT molecular complexity index is 785. The van der Waals surface area contributed by atoms with Crippen LogP contribution in [-0.2, 0) is 20.5 Å². The van der Waals surface area contributed by atoms with Crippen molar-refractivity contribution in [3.8, 4) is 0 Å². The van der Waals surface area contributed by atoms with Gasteiger partial charge >= 0.3 is 6.09 Å². The van der Waals surface area contributed by atoms with Crippen molar-refractivity contribution in [1.82, 2.24) is 9.21 Å². The Morgan fingerprint density at radius 3 is 2.37 bits per heavy atom. The summed E-state index contributed by atoms with van der Waals surface area (Å²) in [5.74, 6) is -0.189. The summed E-state index contributed by atoms with van der Waals surface area (Å²) in [4.78, 5) is 13.8. The second kappa shape index (κ2) is 8.55. The number of nitrogens with zero attached hydrogens (tertiary/aromatic N) is 2. The lowest BCUT2D eigenvalue weighted by Gasteiger charge is -2.36. The number of carbonyl (C=O) groups excluding carboxylic acids is 1. The molecule has 1 aromatic rings. The Kier molecular flexibility index (Phi) is 7.06. The number of likely N-dealkylation sites (tertiary alicyclic amines) is 1. The summed E-state index contributed by atoms with van der Waals surface area (Å²) in [6.07, 6.45) is 0.756. The van der Waals surface area contributed by atoms with Gasteiger partial charge in [-0.1, -0.05) is 29.3 Å². The van der Waals surface area contributed by atoms with Gasteiger partial charge in [0.25, 0.3) is 0 Å². The highest BCUT2D eigenvalue weighted by Gasteiger charge is 2.32. The molecule has 1 amide bonds. The van der Waals surface area contributed by atoms with Crippen molar-refractivity contribution in [3.63, 3.8) is 0 Å². The third-order valence-corrected chi connectivity index (χ3v) is 6.86. The molecule has 9 heteroatoms. The lowest BCUT2D eigenvalue weighted by Crippen LogP contribution is -2.48. The zero-order valence-corrected chi connectivity index (χ0v) is 18.4. The van der Waals surface area contributed by atoms with Crippen LogP contribution in [0, 0.1) is 0 Å². The molecule has 27 heavy (non-hydrogen) atoms. The second-order valence-corrected chi connectivity index (χ2v) is 10.6. The van der Waals surface area contributed by atoms with Crippen LogP contribution in [0.2, 0.25) is 10.0 Å². The maximum absolute atomic E-state index is 12.8. The summed E-state index contributed by atoms with van der Waals surface area (Å²) >= 11 is 12.0. The molecule has 2 rings (SSSR count). The molecular weight excluding hydrogens is 411 g/mol. The fourth-order valence-electron chi connectivity index (χ4n) is 2.90. The minimum atomic E-state index is -3.54. The molecular formula is C18H26Cl2N2O4S. The molecule has 6 nitrogen and oxygen atoms in total. The van der Waals surface area contributed by atoms with Crippen LogP contribution >= 0.6 is 23.2 Å². The van der Waals surface area contributed by atoms with Crippen LogP contribution in [0.3, 0.4) is 0 Å². The molecule has 0 unspecified atom stereocenters. The molecule has 1 aliphatic rings. The van der Waals surface area contributed by atoms with E-state index in [1.807, 2.05) is 20.8 Å². The lowest BCUT2D eigenvalue weighted by molar-refractivity contribution is 0.0183. The third-order valence-electron chi connectivity index (χ3n) is 4.42. The first-order valence-corrected chi connectivity index (χ1v) is 11.1. The van der Waals surface area contributed by atoms with Crippen LogP contribution in [0.5, 0.6) is 0 Å². The fourth-order valence-corrected chi connectivity index (χ4v) is 4.97. The number of halogens is 2. The number of amides is 1. The first-order valence-electron chi connectivity index (χ1n) is 8.76. The van der Waals surface area contributed by atoms with E-state index >= 15 is 0 Å². The summed E-state index contributed by atoms with van der Waals surface area (Å²) in [5.41, 5.74) is -0.0366. The van der Waals surface area contributed by atoms with Crippen LogP contribution < -0.4 is 0 Å². The van der Waals surface area contributed by atoms with E-state index in [1.54, 1.807) is 24.1 Å². The monoisotopic (exact) mass is 436 g/mol. The van der Waals surface area contributed by atoms with Gasteiger partial charge in [-0.25, -0.2) is 17.5 Å². The number of carbonyl (C=O) groups is 1. The molecule has 0 spiro atoms. The van der Waals surface area contributed by atoms with Crippen molar-refractivity contribution in [2.75, 3.05) is 20.1 Å². The molecule has 1 saturated heterocycles. The van der Waals surface area contributed by atoms with Crippen molar-refractivity contribution >= 4 is 39.3 Å². The number of hydrogen-bond acceptors (Lipinski definition) is 4. The molecule has 0 N–H and O–H groups in total. The van der Waals surface area contributed by atoms with Gasteiger partial charge in [-0.3, -0.25) is 0 Å². The SMILES string of the molecule is CN(C1CCN(C(=O)OC(C)(C)C)CC1)S(=O)(=O)Cc1ccc(Cl)cc1Cl. The molecule has 0 radical (unpaired) electrons. The summed E-state index contributed by atoms with van der Waals surface area (Å²) in [7, 11) is -1.97. The molecule has 0 atom stereocenters. The highest BCUT2D eigenvalue weighted by molar-refractivity contribution is 7.88. The quantitative estimate of drug-likeness (QED) is 0.710. The Labute approximate surface area is 171 Å². The van der Waals surface area contributed by atoms with Crippen LogP contribution in [0.25, 0.3) is 0 Å². The minimum Gasteiger partial charge on any atom is -0.444 e. The summed E-state index contributed by atoms with van der Waals surface area (Å²) < 4.78 is 32.3. The molecule has 1 aromatic carbocycles. The number of ether oxygens (including phenoxy) is 1. The Hall–Kier alpha value is -1.02.